The molecule has 0 bridgehead atoms. The van der Waals surface area contributed by atoms with Crippen molar-refractivity contribution in [1.29, 1.82) is 0 Å². The highest BCUT2D eigenvalue weighted by atomic mass is 16.5. The predicted molar refractivity (Wildman–Crippen MR) is 145 cm³/mol. The van der Waals surface area contributed by atoms with Gasteiger partial charge in [-0.25, -0.2) is 0 Å². The van der Waals surface area contributed by atoms with Crippen molar-refractivity contribution < 1.29 is 19.4 Å². The van der Waals surface area contributed by atoms with Crippen LogP contribution in [0.3, 0.4) is 0 Å². The molecule has 0 amide bonds. The second kappa shape index (κ2) is 9.17. The van der Waals surface area contributed by atoms with E-state index in [0.29, 0.717) is 36.5 Å². The van der Waals surface area contributed by atoms with Crippen LogP contribution in [-0.4, -0.2) is 23.1 Å². The molecule has 204 valence electrons. The largest absolute Gasteiger partial charge is 0.481 e. The summed E-state index contributed by atoms with van der Waals surface area (Å²) in [5, 5.41) is 10.4. The Morgan fingerprint density at radius 3 is 2.46 bits per heavy atom. The molecular weight excluding hydrogens is 460 g/mol. The quantitative estimate of drug-likeness (QED) is 0.244. The number of esters is 1. The molecule has 0 aromatic heterocycles. The molecule has 0 heterocycles. The first-order valence-corrected chi connectivity index (χ1v) is 15.0. The fourth-order valence-electron chi connectivity index (χ4n) is 11.0. The highest BCUT2D eigenvalue weighted by molar-refractivity contribution is 5.76. The topological polar surface area (TPSA) is 63.6 Å². The zero-order valence-corrected chi connectivity index (χ0v) is 23.8. The number of rotatable bonds is 4. The molecule has 4 fully saturated rings. The highest BCUT2D eigenvalue weighted by Gasteiger charge is 2.66. The summed E-state index contributed by atoms with van der Waals surface area (Å²) >= 11 is 0. The van der Waals surface area contributed by atoms with E-state index in [0.717, 1.165) is 57.8 Å². The van der Waals surface area contributed by atoms with Crippen LogP contribution in [0, 0.1) is 63.6 Å². The van der Waals surface area contributed by atoms with Gasteiger partial charge in [-0.2, -0.15) is 0 Å². The van der Waals surface area contributed by atoms with E-state index in [4.69, 9.17) is 11.2 Å². The first-order chi connectivity index (χ1) is 17.4. The van der Waals surface area contributed by atoms with E-state index in [1.165, 1.54) is 12.0 Å². The van der Waals surface area contributed by atoms with Crippen molar-refractivity contribution in [3.63, 3.8) is 0 Å². The number of terminal acetylenes is 1. The molecule has 0 spiro atoms. The van der Waals surface area contributed by atoms with Crippen LogP contribution in [0.4, 0.5) is 0 Å². The SMILES string of the molecule is C#CCCC(=O)OC1CCC2(C)C(CCC3(C)C4CCC5(C(=O)O)CCCC(C)C5C4=CCC32)C1(C)C. The molecule has 5 aliphatic carbocycles. The van der Waals surface area contributed by atoms with Crippen molar-refractivity contribution in [1.82, 2.24) is 0 Å². The Labute approximate surface area is 224 Å². The number of ether oxygens (including phenoxy) is 1. The van der Waals surface area contributed by atoms with Gasteiger partial charge in [0.2, 0.25) is 0 Å². The molecule has 0 radical (unpaired) electrons. The Kier molecular flexibility index (Phi) is 6.65. The fourth-order valence-corrected chi connectivity index (χ4v) is 11.0. The van der Waals surface area contributed by atoms with Crippen LogP contribution >= 0.6 is 0 Å². The van der Waals surface area contributed by atoms with E-state index < -0.39 is 11.4 Å². The normalized spacial score (nSPS) is 46.1. The summed E-state index contributed by atoms with van der Waals surface area (Å²) in [6.45, 7) is 12.0. The van der Waals surface area contributed by atoms with Crippen molar-refractivity contribution in [2.45, 2.75) is 118 Å². The molecule has 0 aromatic rings. The van der Waals surface area contributed by atoms with Gasteiger partial charge >= 0.3 is 11.9 Å². The van der Waals surface area contributed by atoms with Crippen LogP contribution in [-0.2, 0) is 14.3 Å². The number of carbonyl (C=O) groups excluding carboxylic acids is 1. The summed E-state index contributed by atoms with van der Waals surface area (Å²) in [6.07, 6.45) is 18.9. The number of hydrogen-bond acceptors (Lipinski definition) is 3. The molecule has 0 aromatic carbocycles. The maximum absolute atomic E-state index is 12.7. The van der Waals surface area contributed by atoms with Gasteiger partial charge in [0.25, 0.3) is 0 Å². The third-order valence-corrected chi connectivity index (χ3v) is 12.7. The molecule has 4 saturated carbocycles. The Hall–Kier alpha value is -1.76. The molecule has 5 aliphatic rings. The van der Waals surface area contributed by atoms with Crippen LogP contribution in [0.15, 0.2) is 11.6 Å². The summed E-state index contributed by atoms with van der Waals surface area (Å²) in [6, 6.07) is 0. The lowest BCUT2D eigenvalue weighted by Crippen LogP contribution is -2.62. The van der Waals surface area contributed by atoms with E-state index >= 15 is 0 Å². The summed E-state index contributed by atoms with van der Waals surface area (Å²) in [5.74, 6) is 4.09. The number of carbonyl (C=O) groups is 2. The molecule has 9 unspecified atom stereocenters. The number of carboxylic acids is 1. The predicted octanol–water partition coefficient (Wildman–Crippen LogP) is 7.42. The second-order valence-electron chi connectivity index (χ2n) is 14.5. The minimum Gasteiger partial charge on any atom is -0.481 e. The van der Waals surface area contributed by atoms with Gasteiger partial charge in [0.1, 0.15) is 6.10 Å². The summed E-state index contributed by atoms with van der Waals surface area (Å²) < 4.78 is 6.05. The number of carboxylic acid groups (broad SMARTS) is 1. The molecular formula is C33H48O4. The monoisotopic (exact) mass is 508 g/mol. The zero-order valence-electron chi connectivity index (χ0n) is 23.8. The van der Waals surface area contributed by atoms with Crippen molar-refractivity contribution in [2.75, 3.05) is 0 Å². The van der Waals surface area contributed by atoms with Crippen LogP contribution in [0.2, 0.25) is 0 Å². The van der Waals surface area contributed by atoms with Gasteiger partial charge in [-0.15, -0.1) is 12.3 Å². The van der Waals surface area contributed by atoms with Crippen LogP contribution < -0.4 is 0 Å². The van der Waals surface area contributed by atoms with Crippen LogP contribution in [0.5, 0.6) is 0 Å². The summed E-state index contributed by atoms with van der Waals surface area (Å²) in [4.78, 5) is 25.2. The molecule has 1 N–H and O–H groups in total. The van der Waals surface area contributed by atoms with Crippen LogP contribution in [0.1, 0.15) is 112 Å². The van der Waals surface area contributed by atoms with Gasteiger partial charge in [0.05, 0.1) is 11.8 Å². The average Bonchev–Trinajstić information content (AvgIpc) is 2.84. The first kappa shape index (κ1) is 26.8. The molecule has 9 atom stereocenters. The lowest BCUT2D eigenvalue weighted by atomic mass is 9.37. The minimum atomic E-state index is -0.553. The van der Waals surface area contributed by atoms with E-state index in [-0.39, 0.29) is 34.2 Å². The Morgan fingerprint density at radius 1 is 1.03 bits per heavy atom. The van der Waals surface area contributed by atoms with Gasteiger partial charge in [0, 0.05) is 11.8 Å². The van der Waals surface area contributed by atoms with Gasteiger partial charge in [-0.1, -0.05) is 59.1 Å². The third-order valence-electron chi connectivity index (χ3n) is 12.7. The second-order valence-corrected chi connectivity index (χ2v) is 14.5. The zero-order chi connectivity index (χ0) is 26.8. The molecule has 37 heavy (non-hydrogen) atoms. The number of hydrogen-bond donors (Lipinski definition) is 1. The maximum atomic E-state index is 12.7. The number of aliphatic carboxylic acids is 1. The summed E-state index contributed by atoms with van der Waals surface area (Å²) in [7, 11) is 0. The molecule has 4 nitrogen and oxygen atoms in total. The summed E-state index contributed by atoms with van der Waals surface area (Å²) in [5.41, 5.74) is 1.29. The fraction of sp³-hybridized carbons (Fsp3) is 0.818. The van der Waals surface area contributed by atoms with Crippen LogP contribution in [0.25, 0.3) is 0 Å². The van der Waals surface area contributed by atoms with Gasteiger partial charge in [-0.05, 0) is 91.8 Å². The van der Waals surface area contributed by atoms with Crippen molar-refractivity contribution in [3.8, 4) is 12.3 Å². The van der Waals surface area contributed by atoms with Crippen molar-refractivity contribution in [2.24, 2.45) is 51.2 Å². The third kappa shape index (κ3) is 3.84. The number of fused-ring (bicyclic) bond motifs is 7. The molecule has 4 heteroatoms. The van der Waals surface area contributed by atoms with Gasteiger partial charge in [0.15, 0.2) is 0 Å². The Balaban J connectivity index is 1.44. The number of allylic oxidation sites excluding steroid dienone is 2. The average molecular weight is 509 g/mol. The Morgan fingerprint density at radius 2 is 1.76 bits per heavy atom. The smallest absolute Gasteiger partial charge is 0.310 e. The molecule has 0 aliphatic heterocycles. The highest BCUT2D eigenvalue weighted by Crippen LogP contribution is 2.72. The van der Waals surface area contributed by atoms with Crippen molar-refractivity contribution in [3.05, 3.63) is 11.6 Å². The lowest BCUT2D eigenvalue weighted by Gasteiger charge is -2.68. The van der Waals surface area contributed by atoms with E-state index in [9.17, 15) is 14.7 Å². The van der Waals surface area contributed by atoms with Gasteiger partial charge in [-0.3, -0.25) is 9.59 Å². The van der Waals surface area contributed by atoms with E-state index in [2.05, 4.69) is 46.6 Å². The van der Waals surface area contributed by atoms with E-state index in [1.54, 1.807) is 0 Å². The standard InChI is InChI=1S/C33H48O4/c1-7-8-11-27(34)37-26-16-19-32(6)24(30(26,3)4)15-18-31(5)23-14-20-33(29(35)36)17-9-10-21(2)28(33)22(23)12-13-25(31)32/h1,12,21,23-26,28H,8-11,13-20H2,2-6H3,(H,35,36). The minimum absolute atomic E-state index is 0.0520. The van der Waals surface area contributed by atoms with Gasteiger partial charge < -0.3 is 9.84 Å². The Bertz CT molecular complexity index is 1020. The first-order valence-electron chi connectivity index (χ1n) is 15.0. The van der Waals surface area contributed by atoms with E-state index in [1.807, 2.05) is 0 Å². The lowest BCUT2D eigenvalue weighted by molar-refractivity contribution is -0.202. The van der Waals surface area contributed by atoms with Crippen molar-refractivity contribution >= 4 is 11.9 Å². The molecule has 5 rings (SSSR count). The molecule has 0 saturated heterocycles. The maximum Gasteiger partial charge on any atom is 0.310 e.